The van der Waals surface area contributed by atoms with Gasteiger partial charge in [-0.15, -0.1) is 12.4 Å². The van der Waals surface area contributed by atoms with Crippen LogP contribution in [0, 0.1) is 5.92 Å². The van der Waals surface area contributed by atoms with Gasteiger partial charge in [0.25, 0.3) is 0 Å². The van der Waals surface area contributed by atoms with Crippen LogP contribution in [0.15, 0.2) is 12.1 Å². The second-order valence-corrected chi connectivity index (χ2v) is 6.36. The highest BCUT2D eigenvalue weighted by molar-refractivity contribution is 5.85. The quantitative estimate of drug-likeness (QED) is 0.776. The standard InChI is InChI=1S/C17H22F2N2O5.ClH/c1-21(16(22)15(20)10-2-4-23-5-3-10)8-11-6-13-14(25-9-24-13)7-12(11)26-17(18)19;/h6-7,10,15,17H,2-5,8-9,20H2,1H3;1H. The van der Waals surface area contributed by atoms with Crippen LogP contribution in [-0.4, -0.2) is 50.5 Å². The molecule has 0 saturated carbocycles. The van der Waals surface area contributed by atoms with Gasteiger partial charge in [-0.25, -0.2) is 0 Å². The molecule has 0 radical (unpaired) electrons. The van der Waals surface area contributed by atoms with E-state index in [-0.39, 0.29) is 43.3 Å². The lowest BCUT2D eigenvalue weighted by Crippen LogP contribution is -2.47. The molecule has 2 heterocycles. The van der Waals surface area contributed by atoms with Crippen molar-refractivity contribution in [3.8, 4) is 17.2 Å². The Kier molecular flexibility index (Phi) is 7.46. The van der Waals surface area contributed by atoms with Crippen LogP contribution >= 0.6 is 12.4 Å². The zero-order chi connectivity index (χ0) is 18.7. The van der Waals surface area contributed by atoms with E-state index in [0.29, 0.717) is 30.3 Å². The molecule has 0 bridgehead atoms. The van der Waals surface area contributed by atoms with E-state index in [9.17, 15) is 13.6 Å². The van der Waals surface area contributed by atoms with Crippen LogP contribution < -0.4 is 19.9 Å². The van der Waals surface area contributed by atoms with Gasteiger partial charge in [-0.1, -0.05) is 0 Å². The maximum atomic E-state index is 12.7. The van der Waals surface area contributed by atoms with Crippen LogP contribution in [0.4, 0.5) is 8.78 Å². The number of halogens is 3. The number of ether oxygens (including phenoxy) is 4. The number of carbonyl (C=O) groups excluding carboxylic acids is 1. The third kappa shape index (κ3) is 5.12. The number of nitrogens with two attached hydrogens (primary N) is 1. The van der Waals surface area contributed by atoms with Crippen molar-refractivity contribution in [1.29, 1.82) is 0 Å². The molecule has 0 aliphatic carbocycles. The number of carbonyl (C=O) groups is 1. The summed E-state index contributed by atoms with van der Waals surface area (Å²) in [5.74, 6) is 0.502. The summed E-state index contributed by atoms with van der Waals surface area (Å²) < 4.78 is 45.7. The fraction of sp³-hybridized carbons (Fsp3) is 0.588. The van der Waals surface area contributed by atoms with Crippen molar-refractivity contribution in [3.63, 3.8) is 0 Å². The number of benzene rings is 1. The number of amides is 1. The second kappa shape index (κ2) is 9.38. The Balaban J connectivity index is 0.00000261. The predicted octanol–water partition coefficient (Wildman–Crippen LogP) is 2.15. The van der Waals surface area contributed by atoms with Crippen LogP contribution in [0.1, 0.15) is 18.4 Å². The van der Waals surface area contributed by atoms with Gasteiger partial charge in [0.05, 0.1) is 6.04 Å². The summed E-state index contributed by atoms with van der Waals surface area (Å²) in [6.45, 7) is -1.74. The summed E-state index contributed by atoms with van der Waals surface area (Å²) in [6.07, 6.45) is 1.45. The van der Waals surface area contributed by atoms with E-state index in [1.165, 1.54) is 11.0 Å². The van der Waals surface area contributed by atoms with E-state index in [1.54, 1.807) is 13.1 Å². The molecule has 10 heteroatoms. The molecule has 2 N–H and O–H groups in total. The summed E-state index contributed by atoms with van der Waals surface area (Å²) in [6, 6.07) is 2.24. The van der Waals surface area contributed by atoms with Gasteiger partial charge in [-0.2, -0.15) is 8.78 Å². The highest BCUT2D eigenvalue weighted by Gasteiger charge is 2.29. The third-order valence-electron chi connectivity index (χ3n) is 4.61. The first kappa shape index (κ1) is 21.5. The number of likely N-dealkylation sites (N-methyl/N-ethyl adjacent to an activating group) is 1. The lowest BCUT2D eigenvalue weighted by atomic mass is 9.91. The summed E-state index contributed by atoms with van der Waals surface area (Å²) >= 11 is 0. The fourth-order valence-corrected chi connectivity index (χ4v) is 3.16. The average Bonchev–Trinajstić information content (AvgIpc) is 3.08. The van der Waals surface area contributed by atoms with Crippen LogP contribution in [0.5, 0.6) is 17.2 Å². The van der Waals surface area contributed by atoms with Crippen molar-refractivity contribution in [3.05, 3.63) is 17.7 Å². The lowest BCUT2D eigenvalue weighted by Gasteiger charge is -2.30. The molecule has 1 aromatic rings. The Hall–Kier alpha value is -1.84. The fourth-order valence-electron chi connectivity index (χ4n) is 3.16. The summed E-state index contributed by atoms with van der Waals surface area (Å²) in [5, 5.41) is 0. The number of hydrogen-bond acceptors (Lipinski definition) is 6. The molecule has 2 aliphatic heterocycles. The largest absolute Gasteiger partial charge is 0.454 e. The van der Waals surface area contributed by atoms with E-state index in [4.69, 9.17) is 19.9 Å². The van der Waals surface area contributed by atoms with E-state index >= 15 is 0 Å². The maximum Gasteiger partial charge on any atom is 0.387 e. The zero-order valence-electron chi connectivity index (χ0n) is 14.9. The predicted molar refractivity (Wildman–Crippen MR) is 94.4 cm³/mol. The highest BCUT2D eigenvalue weighted by atomic mass is 35.5. The Labute approximate surface area is 162 Å². The molecule has 0 aromatic heterocycles. The van der Waals surface area contributed by atoms with E-state index in [2.05, 4.69) is 4.74 Å². The molecule has 3 rings (SSSR count). The normalized spacial score (nSPS) is 17.4. The van der Waals surface area contributed by atoms with Crippen molar-refractivity contribution in [1.82, 2.24) is 4.90 Å². The highest BCUT2D eigenvalue weighted by Crippen LogP contribution is 2.39. The minimum Gasteiger partial charge on any atom is -0.454 e. The van der Waals surface area contributed by atoms with Gasteiger partial charge in [0.2, 0.25) is 12.7 Å². The van der Waals surface area contributed by atoms with Gasteiger partial charge < -0.3 is 29.6 Å². The molecule has 1 saturated heterocycles. The molecule has 152 valence electrons. The van der Waals surface area contributed by atoms with Crippen LogP contribution in [0.2, 0.25) is 0 Å². The average molecular weight is 409 g/mol. The van der Waals surface area contributed by atoms with Crippen molar-refractivity contribution in [2.24, 2.45) is 11.7 Å². The number of fused-ring (bicyclic) bond motifs is 1. The molecule has 2 aliphatic rings. The summed E-state index contributed by atoms with van der Waals surface area (Å²) in [5.41, 5.74) is 6.51. The molecule has 1 fully saturated rings. The summed E-state index contributed by atoms with van der Waals surface area (Å²) in [7, 11) is 1.58. The van der Waals surface area contributed by atoms with Crippen molar-refractivity contribution in [2.45, 2.75) is 32.0 Å². The van der Waals surface area contributed by atoms with Crippen molar-refractivity contribution in [2.75, 3.05) is 27.1 Å². The molecule has 1 unspecified atom stereocenters. The molecular weight excluding hydrogens is 386 g/mol. The zero-order valence-corrected chi connectivity index (χ0v) is 15.7. The number of rotatable bonds is 6. The Bertz CT molecular complexity index is 658. The van der Waals surface area contributed by atoms with Gasteiger partial charge in [0.1, 0.15) is 5.75 Å². The number of hydrogen-bond donors (Lipinski definition) is 1. The Morgan fingerprint density at radius 2 is 1.93 bits per heavy atom. The molecule has 1 amide bonds. The first-order valence-electron chi connectivity index (χ1n) is 8.41. The van der Waals surface area contributed by atoms with Crippen LogP contribution in [-0.2, 0) is 16.1 Å². The number of alkyl halides is 2. The minimum atomic E-state index is -2.99. The van der Waals surface area contributed by atoms with E-state index in [0.717, 1.165) is 12.8 Å². The van der Waals surface area contributed by atoms with Gasteiger partial charge >= 0.3 is 6.61 Å². The second-order valence-electron chi connectivity index (χ2n) is 6.36. The molecule has 1 atom stereocenters. The Morgan fingerprint density at radius 3 is 2.56 bits per heavy atom. The SMILES string of the molecule is CN(Cc1cc2c(cc1OC(F)F)OCO2)C(=O)C(N)C1CCOCC1.Cl. The summed E-state index contributed by atoms with van der Waals surface area (Å²) in [4.78, 5) is 14.0. The monoisotopic (exact) mass is 408 g/mol. The molecule has 7 nitrogen and oxygen atoms in total. The molecular formula is C17H23ClF2N2O5. The van der Waals surface area contributed by atoms with Crippen LogP contribution in [0.3, 0.4) is 0 Å². The Morgan fingerprint density at radius 1 is 1.30 bits per heavy atom. The molecule has 1 aromatic carbocycles. The lowest BCUT2D eigenvalue weighted by molar-refractivity contribution is -0.134. The van der Waals surface area contributed by atoms with Crippen LogP contribution in [0.25, 0.3) is 0 Å². The topological polar surface area (TPSA) is 83.2 Å². The van der Waals surface area contributed by atoms with Gasteiger partial charge in [0, 0.05) is 38.4 Å². The molecule has 0 spiro atoms. The van der Waals surface area contributed by atoms with E-state index in [1.807, 2.05) is 0 Å². The van der Waals surface area contributed by atoms with Gasteiger partial charge in [-0.3, -0.25) is 4.79 Å². The number of nitrogens with zero attached hydrogens (tertiary/aromatic N) is 1. The van der Waals surface area contributed by atoms with Crippen molar-refractivity contribution < 1.29 is 32.5 Å². The minimum absolute atomic E-state index is 0. The third-order valence-corrected chi connectivity index (χ3v) is 4.61. The van der Waals surface area contributed by atoms with Gasteiger partial charge in [-0.05, 0) is 24.8 Å². The smallest absolute Gasteiger partial charge is 0.387 e. The van der Waals surface area contributed by atoms with Gasteiger partial charge in [0.15, 0.2) is 11.5 Å². The van der Waals surface area contributed by atoms with E-state index < -0.39 is 12.7 Å². The van der Waals surface area contributed by atoms with Crippen molar-refractivity contribution >= 4 is 18.3 Å². The first-order valence-corrected chi connectivity index (χ1v) is 8.41. The molecule has 27 heavy (non-hydrogen) atoms. The maximum absolute atomic E-state index is 12.7. The first-order chi connectivity index (χ1) is 12.5.